The van der Waals surface area contributed by atoms with Gasteiger partial charge in [0.25, 0.3) is 0 Å². The SMILES string of the molecule is C1=CC(c2ccccn2)(c2ccccn2)Cc2[nH]nc(-c3ncco3)c21. The van der Waals surface area contributed by atoms with Crippen LogP contribution >= 0.6 is 0 Å². The lowest BCUT2D eigenvalue weighted by Crippen LogP contribution is -2.32. The number of nitrogens with one attached hydrogen (secondary N) is 1. The Balaban J connectivity index is 1.67. The highest BCUT2D eigenvalue weighted by atomic mass is 16.3. The lowest BCUT2D eigenvalue weighted by Gasteiger charge is -2.32. The molecule has 0 saturated carbocycles. The predicted octanol–water partition coefficient (Wildman–Crippen LogP) is 3.41. The van der Waals surface area contributed by atoms with Crippen molar-refractivity contribution in [2.24, 2.45) is 0 Å². The minimum atomic E-state index is -0.448. The second-order valence-electron chi connectivity index (χ2n) is 6.21. The van der Waals surface area contributed by atoms with Crippen LogP contribution in [0.1, 0.15) is 22.6 Å². The van der Waals surface area contributed by atoms with Crippen LogP contribution in [0.3, 0.4) is 0 Å². The number of aromatic nitrogens is 5. The number of nitrogens with zero attached hydrogens (tertiary/aromatic N) is 4. The van der Waals surface area contributed by atoms with Crippen LogP contribution in [0.4, 0.5) is 0 Å². The highest BCUT2D eigenvalue weighted by Crippen LogP contribution is 2.41. The number of oxazole rings is 1. The Morgan fingerprint density at radius 3 is 2.31 bits per heavy atom. The second kappa shape index (κ2) is 5.77. The molecule has 5 rings (SSSR count). The molecule has 0 aromatic carbocycles. The van der Waals surface area contributed by atoms with Crippen LogP contribution in [-0.2, 0) is 11.8 Å². The fourth-order valence-corrected chi connectivity index (χ4v) is 3.50. The minimum absolute atomic E-state index is 0.448. The summed E-state index contributed by atoms with van der Waals surface area (Å²) in [7, 11) is 0. The van der Waals surface area contributed by atoms with Gasteiger partial charge in [0.15, 0.2) is 5.69 Å². The molecule has 0 spiro atoms. The van der Waals surface area contributed by atoms with Gasteiger partial charge in [-0.15, -0.1) is 0 Å². The van der Waals surface area contributed by atoms with E-state index in [-0.39, 0.29) is 0 Å². The van der Waals surface area contributed by atoms with Gasteiger partial charge in [-0.1, -0.05) is 24.3 Å². The van der Waals surface area contributed by atoms with E-state index >= 15 is 0 Å². The molecule has 0 atom stereocenters. The molecule has 1 aliphatic carbocycles. The first-order valence-electron chi connectivity index (χ1n) is 8.36. The van der Waals surface area contributed by atoms with E-state index in [1.165, 1.54) is 0 Å². The molecule has 0 bridgehead atoms. The molecule has 0 saturated heterocycles. The third kappa shape index (κ3) is 2.19. The van der Waals surface area contributed by atoms with Crippen LogP contribution in [0.2, 0.25) is 0 Å². The van der Waals surface area contributed by atoms with Gasteiger partial charge in [0, 0.05) is 30.1 Å². The standard InChI is InChI=1S/C20H15N5O/c1-3-9-21-16(5-1)20(17-6-2-4-10-22-17)8-7-14-15(13-20)24-25-18(14)19-23-11-12-26-19/h1-12H,13H2,(H,24,25). The largest absolute Gasteiger partial charge is 0.443 e. The van der Waals surface area contributed by atoms with Gasteiger partial charge in [0.1, 0.15) is 6.26 Å². The third-order valence-electron chi connectivity index (χ3n) is 4.75. The highest BCUT2D eigenvalue weighted by Gasteiger charge is 2.39. The first kappa shape index (κ1) is 14.8. The molecule has 1 N–H and O–H groups in total. The molecule has 6 heteroatoms. The van der Waals surface area contributed by atoms with Gasteiger partial charge < -0.3 is 4.42 Å². The summed E-state index contributed by atoms with van der Waals surface area (Å²) in [6, 6.07) is 11.9. The Hall–Kier alpha value is -3.54. The lowest BCUT2D eigenvalue weighted by molar-refractivity contribution is 0.571. The Morgan fingerprint density at radius 2 is 1.69 bits per heavy atom. The van der Waals surface area contributed by atoms with Crippen molar-refractivity contribution < 1.29 is 4.42 Å². The summed E-state index contributed by atoms with van der Waals surface area (Å²) >= 11 is 0. The van der Waals surface area contributed by atoms with Crippen LogP contribution in [0.15, 0.2) is 71.7 Å². The fraction of sp³-hybridized carbons (Fsp3) is 0.100. The summed E-state index contributed by atoms with van der Waals surface area (Å²) < 4.78 is 5.41. The van der Waals surface area contributed by atoms with Crippen molar-refractivity contribution in [1.82, 2.24) is 25.1 Å². The highest BCUT2D eigenvalue weighted by molar-refractivity contribution is 5.72. The quantitative estimate of drug-likeness (QED) is 0.617. The van der Waals surface area contributed by atoms with E-state index in [0.717, 1.165) is 28.3 Å². The minimum Gasteiger partial charge on any atom is -0.443 e. The van der Waals surface area contributed by atoms with Gasteiger partial charge in [-0.3, -0.25) is 15.1 Å². The molecular formula is C20H15N5O. The predicted molar refractivity (Wildman–Crippen MR) is 96.1 cm³/mol. The van der Waals surface area contributed by atoms with Crippen LogP contribution in [0.5, 0.6) is 0 Å². The molecular weight excluding hydrogens is 326 g/mol. The molecule has 126 valence electrons. The lowest BCUT2D eigenvalue weighted by atomic mass is 9.72. The van der Waals surface area contributed by atoms with Crippen molar-refractivity contribution in [2.75, 3.05) is 0 Å². The van der Waals surface area contributed by atoms with E-state index in [4.69, 9.17) is 4.42 Å². The Kier molecular flexibility index (Phi) is 3.28. The van der Waals surface area contributed by atoms with Gasteiger partial charge in [-0.25, -0.2) is 4.98 Å². The van der Waals surface area contributed by atoms with E-state index in [1.54, 1.807) is 12.5 Å². The average Bonchev–Trinajstić information content (AvgIpc) is 3.38. The number of allylic oxidation sites excluding steroid dienone is 1. The van der Waals surface area contributed by atoms with Crippen LogP contribution in [-0.4, -0.2) is 25.1 Å². The summed E-state index contributed by atoms with van der Waals surface area (Å²) in [5.74, 6) is 0.510. The van der Waals surface area contributed by atoms with E-state index in [2.05, 4.69) is 37.3 Å². The number of fused-ring (bicyclic) bond motifs is 1. The second-order valence-corrected chi connectivity index (χ2v) is 6.21. The number of hydrogen-bond donors (Lipinski definition) is 1. The van der Waals surface area contributed by atoms with Crippen LogP contribution in [0.25, 0.3) is 17.7 Å². The van der Waals surface area contributed by atoms with Crippen molar-refractivity contribution in [3.05, 3.63) is 90.0 Å². The molecule has 6 nitrogen and oxygen atoms in total. The maximum Gasteiger partial charge on any atom is 0.247 e. The number of aromatic amines is 1. The normalized spacial score (nSPS) is 14.9. The van der Waals surface area contributed by atoms with E-state index < -0.39 is 5.41 Å². The summed E-state index contributed by atoms with van der Waals surface area (Å²) in [6.45, 7) is 0. The fourth-order valence-electron chi connectivity index (χ4n) is 3.50. The van der Waals surface area contributed by atoms with Crippen molar-refractivity contribution >= 4 is 6.08 Å². The molecule has 1 aliphatic rings. The number of pyridine rings is 2. The Bertz CT molecular complexity index is 1010. The number of rotatable bonds is 3. The summed E-state index contributed by atoms with van der Waals surface area (Å²) in [6.07, 6.45) is 11.7. The van der Waals surface area contributed by atoms with E-state index in [0.29, 0.717) is 12.3 Å². The maximum absolute atomic E-state index is 5.41. The third-order valence-corrected chi connectivity index (χ3v) is 4.75. The summed E-state index contributed by atoms with van der Waals surface area (Å²) in [5, 5.41) is 7.57. The van der Waals surface area contributed by atoms with Crippen molar-refractivity contribution in [3.63, 3.8) is 0 Å². The smallest absolute Gasteiger partial charge is 0.247 e. The zero-order valence-electron chi connectivity index (χ0n) is 13.8. The van der Waals surface area contributed by atoms with E-state index in [9.17, 15) is 0 Å². The molecule has 4 aromatic rings. The summed E-state index contributed by atoms with van der Waals surface area (Å²) in [4.78, 5) is 13.5. The summed E-state index contributed by atoms with van der Waals surface area (Å²) in [5.41, 5.74) is 4.18. The Labute approximate surface area is 149 Å². The van der Waals surface area contributed by atoms with Gasteiger partial charge in [-0.05, 0) is 24.3 Å². The monoisotopic (exact) mass is 341 g/mol. The molecule has 26 heavy (non-hydrogen) atoms. The topological polar surface area (TPSA) is 80.5 Å². The van der Waals surface area contributed by atoms with E-state index in [1.807, 2.05) is 48.8 Å². The molecule has 0 radical (unpaired) electrons. The first-order chi connectivity index (χ1) is 12.9. The zero-order chi connectivity index (χ0) is 17.4. The Morgan fingerprint density at radius 1 is 0.923 bits per heavy atom. The van der Waals surface area contributed by atoms with Gasteiger partial charge in [-0.2, -0.15) is 5.10 Å². The molecule has 0 fully saturated rings. The first-order valence-corrected chi connectivity index (χ1v) is 8.36. The van der Waals surface area contributed by atoms with Crippen molar-refractivity contribution in [1.29, 1.82) is 0 Å². The van der Waals surface area contributed by atoms with Crippen molar-refractivity contribution in [2.45, 2.75) is 11.8 Å². The average molecular weight is 341 g/mol. The zero-order valence-corrected chi connectivity index (χ0v) is 13.8. The van der Waals surface area contributed by atoms with Gasteiger partial charge in [0.05, 0.1) is 23.0 Å². The molecule has 0 unspecified atom stereocenters. The maximum atomic E-state index is 5.41. The molecule has 4 aromatic heterocycles. The van der Waals surface area contributed by atoms with Crippen LogP contribution < -0.4 is 0 Å². The van der Waals surface area contributed by atoms with Gasteiger partial charge >= 0.3 is 0 Å². The van der Waals surface area contributed by atoms with Crippen molar-refractivity contribution in [3.8, 4) is 11.6 Å². The molecule has 4 heterocycles. The number of H-pyrrole nitrogens is 1. The van der Waals surface area contributed by atoms with Gasteiger partial charge in [0.2, 0.25) is 5.89 Å². The van der Waals surface area contributed by atoms with Crippen LogP contribution in [0, 0.1) is 0 Å². The molecule has 0 aliphatic heterocycles. The number of hydrogen-bond acceptors (Lipinski definition) is 5. The molecule has 0 amide bonds.